The van der Waals surface area contributed by atoms with Gasteiger partial charge < -0.3 is 19.8 Å². The Kier molecular flexibility index (Phi) is 5.15. The standard InChI is InChI=1S/C25H28N6O2/c1-14-8-10-31(13-21(14)30(4)25-27-12-18-7-9-26-23(18)29-25)24(33)22-15(2)19-11-17(16(3)32)5-6-20(19)28-22/h5-7,9,11-12,14,21,28H,8,10,13H2,1-4H3,(H,26,27,29). The van der Waals surface area contributed by atoms with Gasteiger partial charge in [-0.1, -0.05) is 6.92 Å². The monoisotopic (exact) mass is 444 g/mol. The Morgan fingerprint density at radius 3 is 2.85 bits per heavy atom. The van der Waals surface area contributed by atoms with E-state index in [4.69, 9.17) is 0 Å². The van der Waals surface area contributed by atoms with Gasteiger partial charge in [0.1, 0.15) is 11.3 Å². The summed E-state index contributed by atoms with van der Waals surface area (Å²) in [6.07, 6.45) is 4.58. The van der Waals surface area contributed by atoms with Gasteiger partial charge in [-0.05, 0) is 56.0 Å². The van der Waals surface area contributed by atoms with E-state index in [0.29, 0.717) is 36.2 Å². The second-order valence-electron chi connectivity index (χ2n) is 9.09. The number of carbonyl (C=O) groups excluding carboxylic acids is 2. The van der Waals surface area contributed by atoms with Crippen LogP contribution in [0.2, 0.25) is 0 Å². The van der Waals surface area contributed by atoms with Crippen molar-refractivity contribution in [2.75, 3.05) is 25.0 Å². The molecule has 0 radical (unpaired) electrons. The van der Waals surface area contributed by atoms with E-state index in [1.54, 1.807) is 13.0 Å². The molecular formula is C25H28N6O2. The Morgan fingerprint density at radius 1 is 1.24 bits per heavy atom. The zero-order valence-corrected chi connectivity index (χ0v) is 19.3. The maximum Gasteiger partial charge on any atom is 0.270 e. The number of nitrogens with zero attached hydrogens (tertiary/aromatic N) is 4. The van der Waals surface area contributed by atoms with Crippen molar-refractivity contribution >= 4 is 39.6 Å². The average Bonchev–Trinajstić information content (AvgIpc) is 3.42. The first kappa shape index (κ1) is 21.2. The Bertz CT molecular complexity index is 1370. The normalized spacial score (nSPS) is 18.7. The highest BCUT2D eigenvalue weighted by Crippen LogP contribution is 2.28. The van der Waals surface area contributed by atoms with Crippen molar-refractivity contribution in [3.63, 3.8) is 0 Å². The fraction of sp³-hybridized carbons (Fsp3) is 0.360. The first-order chi connectivity index (χ1) is 15.8. The molecule has 0 bridgehead atoms. The van der Waals surface area contributed by atoms with Crippen molar-refractivity contribution in [2.45, 2.75) is 33.2 Å². The third kappa shape index (κ3) is 3.65. The summed E-state index contributed by atoms with van der Waals surface area (Å²) < 4.78 is 0. The molecule has 170 valence electrons. The maximum absolute atomic E-state index is 13.5. The number of aromatic amines is 2. The highest BCUT2D eigenvalue weighted by molar-refractivity contribution is 6.04. The van der Waals surface area contributed by atoms with E-state index in [1.165, 1.54) is 0 Å². The van der Waals surface area contributed by atoms with Crippen LogP contribution in [0.3, 0.4) is 0 Å². The maximum atomic E-state index is 13.5. The van der Waals surface area contributed by atoms with Gasteiger partial charge in [0.05, 0.1) is 6.04 Å². The molecule has 1 aliphatic rings. The first-order valence-corrected chi connectivity index (χ1v) is 11.3. The topological polar surface area (TPSA) is 98.0 Å². The smallest absolute Gasteiger partial charge is 0.270 e. The number of fused-ring (bicyclic) bond motifs is 2. The number of hydrogen-bond acceptors (Lipinski definition) is 5. The van der Waals surface area contributed by atoms with Crippen molar-refractivity contribution in [3.05, 3.63) is 53.5 Å². The summed E-state index contributed by atoms with van der Waals surface area (Å²) in [6.45, 7) is 7.00. The fourth-order valence-corrected chi connectivity index (χ4v) is 4.80. The lowest BCUT2D eigenvalue weighted by Gasteiger charge is -2.41. The molecule has 2 atom stereocenters. The van der Waals surface area contributed by atoms with Crippen molar-refractivity contribution < 1.29 is 9.59 Å². The van der Waals surface area contributed by atoms with Crippen molar-refractivity contribution in [1.82, 2.24) is 24.8 Å². The number of ketones is 1. The van der Waals surface area contributed by atoms with Crippen molar-refractivity contribution in [3.8, 4) is 0 Å². The molecule has 1 aromatic carbocycles. The summed E-state index contributed by atoms with van der Waals surface area (Å²) in [7, 11) is 2.00. The second-order valence-corrected chi connectivity index (χ2v) is 9.09. The number of hydrogen-bond donors (Lipinski definition) is 2. The van der Waals surface area contributed by atoms with E-state index in [9.17, 15) is 9.59 Å². The third-order valence-corrected chi connectivity index (χ3v) is 6.98. The van der Waals surface area contributed by atoms with Gasteiger partial charge in [0.15, 0.2) is 5.78 Å². The molecule has 3 aromatic heterocycles. The number of likely N-dealkylation sites (tertiary alicyclic amines) is 1. The first-order valence-electron chi connectivity index (χ1n) is 11.3. The van der Waals surface area contributed by atoms with Gasteiger partial charge in [-0.2, -0.15) is 4.98 Å². The third-order valence-electron chi connectivity index (χ3n) is 6.98. The lowest BCUT2D eigenvalue weighted by Crippen LogP contribution is -2.53. The molecule has 33 heavy (non-hydrogen) atoms. The largest absolute Gasteiger partial charge is 0.350 e. The zero-order valence-electron chi connectivity index (χ0n) is 19.3. The Balaban J connectivity index is 1.41. The molecule has 1 aliphatic heterocycles. The number of amides is 1. The molecule has 4 heterocycles. The fourth-order valence-electron chi connectivity index (χ4n) is 4.80. The molecule has 1 fully saturated rings. The number of carbonyl (C=O) groups is 2. The molecule has 2 unspecified atom stereocenters. The Morgan fingerprint density at radius 2 is 2.06 bits per heavy atom. The molecule has 0 spiro atoms. The van der Waals surface area contributed by atoms with Crippen LogP contribution in [0.5, 0.6) is 0 Å². The van der Waals surface area contributed by atoms with Gasteiger partial charge in [-0.3, -0.25) is 9.59 Å². The van der Waals surface area contributed by atoms with E-state index in [0.717, 1.165) is 33.9 Å². The van der Waals surface area contributed by atoms with Gasteiger partial charge in [0, 0.05) is 54.4 Å². The SMILES string of the molecule is CC(=O)c1ccc2[nH]c(C(=O)N3CCC(C)C(N(C)c4ncc5cc[nH]c5n4)C3)c(C)c2c1. The molecule has 0 saturated carbocycles. The number of aryl methyl sites for hydroxylation is 1. The summed E-state index contributed by atoms with van der Waals surface area (Å²) in [5.41, 5.74) is 3.79. The van der Waals surface area contributed by atoms with E-state index < -0.39 is 0 Å². The predicted molar refractivity (Wildman–Crippen MR) is 129 cm³/mol. The number of Topliss-reactive ketones (excluding diaryl/α,β-unsaturated/α-hetero) is 1. The van der Waals surface area contributed by atoms with Gasteiger partial charge in [0.2, 0.25) is 5.95 Å². The van der Waals surface area contributed by atoms with Crippen LogP contribution in [-0.4, -0.2) is 62.7 Å². The quantitative estimate of drug-likeness (QED) is 0.465. The minimum Gasteiger partial charge on any atom is -0.350 e. The summed E-state index contributed by atoms with van der Waals surface area (Å²) in [5, 5.41) is 1.89. The summed E-state index contributed by atoms with van der Waals surface area (Å²) >= 11 is 0. The van der Waals surface area contributed by atoms with Gasteiger partial charge in [0.25, 0.3) is 5.91 Å². The molecule has 4 aromatic rings. The highest BCUT2D eigenvalue weighted by Gasteiger charge is 2.34. The zero-order chi connectivity index (χ0) is 23.3. The average molecular weight is 445 g/mol. The number of benzene rings is 1. The van der Waals surface area contributed by atoms with Crippen LogP contribution in [0.1, 0.15) is 46.7 Å². The van der Waals surface area contributed by atoms with Gasteiger partial charge in [-0.25, -0.2) is 4.98 Å². The summed E-state index contributed by atoms with van der Waals surface area (Å²) in [5.74, 6) is 1.04. The molecule has 5 rings (SSSR count). The molecule has 2 N–H and O–H groups in total. The van der Waals surface area contributed by atoms with Crippen LogP contribution in [0, 0.1) is 12.8 Å². The lowest BCUT2D eigenvalue weighted by molar-refractivity contribution is 0.0663. The van der Waals surface area contributed by atoms with Crippen LogP contribution in [0.4, 0.5) is 5.95 Å². The number of piperidine rings is 1. The summed E-state index contributed by atoms with van der Waals surface area (Å²) in [4.78, 5) is 44.9. The van der Waals surface area contributed by atoms with Crippen LogP contribution in [0.25, 0.3) is 21.9 Å². The Labute approximate surface area is 192 Å². The van der Waals surface area contributed by atoms with Crippen LogP contribution >= 0.6 is 0 Å². The molecule has 1 amide bonds. The van der Waals surface area contributed by atoms with Crippen LogP contribution in [-0.2, 0) is 0 Å². The number of H-pyrrole nitrogens is 2. The van der Waals surface area contributed by atoms with E-state index >= 15 is 0 Å². The van der Waals surface area contributed by atoms with Gasteiger partial charge >= 0.3 is 0 Å². The van der Waals surface area contributed by atoms with Crippen LogP contribution < -0.4 is 4.90 Å². The highest BCUT2D eigenvalue weighted by atomic mass is 16.2. The lowest BCUT2D eigenvalue weighted by atomic mass is 9.92. The number of anilines is 1. The molecular weight excluding hydrogens is 416 g/mol. The number of rotatable bonds is 4. The van der Waals surface area contributed by atoms with E-state index in [-0.39, 0.29) is 17.7 Å². The molecule has 8 nitrogen and oxygen atoms in total. The van der Waals surface area contributed by atoms with E-state index in [1.807, 2.05) is 49.5 Å². The minimum atomic E-state index is -0.0147. The minimum absolute atomic E-state index is 0.0147. The van der Waals surface area contributed by atoms with Crippen molar-refractivity contribution in [1.29, 1.82) is 0 Å². The van der Waals surface area contributed by atoms with Gasteiger partial charge in [-0.15, -0.1) is 0 Å². The number of likely N-dealkylation sites (N-methyl/N-ethyl adjacent to an activating group) is 1. The molecule has 0 aliphatic carbocycles. The predicted octanol–water partition coefficient (Wildman–Crippen LogP) is 3.94. The summed E-state index contributed by atoms with van der Waals surface area (Å²) in [6, 6.07) is 7.58. The van der Waals surface area contributed by atoms with Crippen molar-refractivity contribution in [2.24, 2.45) is 5.92 Å². The second kappa shape index (κ2) is 8.03. The number of nitrogens with one attached hydrogen (secondary N) is 2. The Hall–Kier alpha value is -3.68. The molecule has 1 saturated heterocycles. The number of aromatic nitrogens is 4. The van der Waals surface area contributed by atoms with Crippen LogP contribution in [0.15, 0.2) is 36.7 Å². The van der Waals surface area contributed by atoms with E-state index in [2.05, 4.69) is 31.8 Å². The molecule has 8 heteroatoms.